The minimum atomic E-state index is -1.05. The molecule has 2 fully saturated rings. The Kier molecular flexibility index (Phi) is 5.08. The molecule has 1 saturated heterocycles. The highest BCUT2D eigenvalue weighted by molar-refractivity contribution is 5.87. The molecule has 0 aromatic rings. The van der Waals surface area contributed by atoms with Crippen LogP contribution in [0.25, 0.3) is 0 Å². The number of hydrogen-bond acceptors (Lipinski definition) is 3. The van der Waals surface area contributed by atoms with Gasteiger partial charge in [-0.1, -0.05) is 13.3 Å². The summed E-state index contributed by atoms with van der Waals surface area (Å²) in [6.07, 6.45) is 5.49. The Bertz CT molecular complexity index is 397. The van der Waals surface area contributed by atoms with Gasteiger partial charge in [0.1, 0.15) is 5.54 Å². The van der Waals surface area contributed by atoms with Gasteiger partial charge < -0.3 is 20.0 Å². The standard InChI is InChI=1S/C15H26N2O4/c1-2-7-15(13(19)20)8-4-9-17(15)14(21)16(10-11-18)12-5-3-6-12/h12,18H,2-11H2,1H3,(H,19,20). The minimum Gasteiger partial charge on any atom is -0.479 e. The van der Waals surface area contributed by atoms with Crippen molar-refractivity contribution in [3.05, 3.63) is 0 Å². The molecule has 1 heterocycles. The van der Waals surface area contributed by atoms with Gasteiger partial charge in [-0.2, -0.15) is 0 Å². The third-order valence-corrected chi connectivity index (χ3v) is 4.88. The first-order chi connectivity index (χ1) is 10.1. The van der Waals surface area contributed by atoms with E-state index in [0.717, 1.165) is 32.1 Å². The van der Waals surface area contributed by atoms with E-state index in [9.17, 15) is 19.8 Å². The van der Waals surface area contributed by atoms with Crippen molar-refractivity contribution in [3.63, 3.8) is 0 Å². The topological polar surface area (TPSA) is 81.1 Å². The zero-order valence-corrected chi connectivity index (χ0v) is 12.8. The van der Waals surface area contributed by atoms with Crippen LogP contribution in [0.15, 0.2) is 0 Å². The van der Waals surface area contributed by atoms with E-state index in [1.165, 1.54) is 0 Å². The smallest absolute Gasteiger partial charge is 0.329 e. The fourth-order valence-corrected chi connectivity index (χ4v) is 3.56. The van der Waals surface area contributed by atoms with Gasteiger partial charge in [-0.05, 0) is 38.5 Å². The average Bonchev–Trinajstić information content (AvgIpc) is 2.81. The second kappa shape index (κ2) is 6.64. The van der Waals surface area contributed by atoms with Gasteiger partial charge in [-0.15, -0.1) is 0 Å². The number of carboxylic acid groups (broad SMARTS) is 1. The molecule has 1 saturated carbocycles. The van der Waals surface area contributed by atoms with Crippen molar-refractivity contribution in [2.75, 3.05) is 19.7 Å². The van der Waals surface area contributed by atoms with Crippen LogP contribution in [0.3, 0.4) is 0 Å². The first kappa shape index (κ1) is 16.1. The first-order valence-corrected chi connectivity index (χ1v) is 7.99. The Morgan fingerprint density at radius 2 is 2.05 bits per heavy atom. The van der Waals surface area contributed by atoms with Crippen molar-refractivity contribution in [2.24, 2.45) is 0 Å². The number of likely N-dealkylation sites (tertiary alicyclic amines) is 1. The summed E-state index contributed by atoms with van der Waals surface area (Å²) in [5, 5.41) is 18.9. The van der Waals surface area contributed by atoms with Crippen molar-refractivity contribution in [3.8, 4) is 0 Å². The van der Waals surface area contributed by atoms with Crippen molar-refractivity contribution >= 4 is 12.0 Å². The fourth-order valence-electron chi connectivity index (χ4n) is 3.56. The molecular weight excluding hydrogens is 272 g/mol. The van der Waals surface area contributed by atoms with Crippen LogP contribution in [0.2, 0.25) is 0 Å². The van der Waals surface area contributed by atoms with Crippen molar-refractivity contribution in [2.45, 2.75) is 63.5 Å². The molecule has 0 aromatic carbocycles. The van der Waals surface area contributed by atoms with Crippen LogP contribution in [0.4, 0.5) is 4.79 Å². The van der Waals surface area contributed by atoms with E-state index in [1.807, 2.05) is 6.92 Å². The maximum Gasteiger partial charge on any atom is 0.329 e. The van der Waals surface area contributed by atoms with Crippen LogP contribution in [-0.2, 0) is 4.79 Å². The lowest BCUT2D eigenvalue weighted by Gasteiger charge is -2.43. The van der Waals surface area contributed by atoms with E-state index >= 15 is 0 Å². The summed E-state index contributed by atoms with van der Waals surface area (Å²) in [5.41, 5.74) is -1.05. The number of carboxylic acids is 1. The number of nitrogens with zero attached hydrogens (tertiary/aromatic N) is 2. The second-order valence-corrected chi connectivity index (χ2v) is 6.13. The fraction of sp³-hybridized carbons (Fsp3) is 0.867. The van der Waals surface area contributed by atoms with Crippen molar-refractivity contribution in [1.82, 2.24) is 9.80 Å². The van der Waals surface area contributed by atoms with Crippen molar-refractivity contribution in [1.29, 1.82) is 0 Å². The molecule has 2 amide bonds. The van der Waals surface area contributed by atoms with Gasteiger partial charge in [0.15, 0.2) is 0 Å². The van der Waals surface area contributed by atoms with Gasteiger partial charge in [0.05, 0.1) is 6.61 Å². The highest BCUT2D eigenvalue weighted by atomic mass is 16.4. The van der Waals surface area contributed by atoms with Crippen LogP contribution in [0.5, 0.6) is 0 Å². The number of hydrogen-bond donors (Lipinski definition) is 2. The predicted octanol–water partition coefficient (Wildman–Crippen LogP) is 1.67. The Morgan fingerprint density at radius 3 is 2.52 bits per heavy atom. The molecule has 1 aliphatic carbocycles. The average molecular weight is 298 g/mol. The lowest BCUT2D eigenvalue weighted by Crippen LogP contribution is -2.59. The van der Waals surface area contributed by atoms with Crippen LogP contribution in [0.1, 0.15) is 51.9 Å². The molecule has 1 atom stereocenters. The molecule has 0 aromatic heterocycles. The van der Waals surface area contributed by atoms with Gasteiger partial charge in [-0.25, -0.2) is 9.59 Å². The minimum absolute atomic E-state index is 0.0794. The first-order valence-electron chi connectivity index (χ1n) is 7.99. The van der Waals surface area contributed by atoms with E-state index in [2.05, 4.69) is 0 Å². The zero-order valence-electron chi connectivity index (χ0n) is 12.8. The number of aliphatic hydroxyl groups is 1. The van der Waals surface area contributed by atoms with Gasteiger partial charge >= 0.3 is 12.0 Å². The summed E-state index contributed by atoms with van der Waals surface area (Å²) in [6, 6.07) is -0.0412. The lowest BCUT2D eigenvalue weighted by atomic mass is 9.89. The molecule has 21 heavy (non-hydrogen) atoms. The van der Waals surface area contributed by atoms with E-state index in [1.54, 1.807) is 9.80 Å². The van der Waals surface area contributed by atoms with Crippen molar-refractivity contribution < 1.29 is 19.8 Å². The largest absolute Gasteiger partial charge is 0.479 e. The van der Waals surface area contributed by atoms with E-state index in [0.29, 0.717) is 25.9 Å². The molecule has 0 bridgehead atoms. The van der Waals surface area contributed by atoms with Crippen LogP contribution >= 0.6 is 0 Å². The van der Waals surface area contributed by atoms with Crippen LogP contribution in [0, 0.1) is 0 Å². The third kappa shape index (κ3) is 2.86. The molecular formula is C15H26N2O4. The van der Waals surface area contributed by atoms with E-state index in [-0.39, 0.29) is 18.7 Å². The molecule has 2 rings (SSSR count). The number of aliphatic carboxylic acids is 1. The number of rotatable bonds is 6. The lowest BCUT2D eigenvalue weighted by molar-refractivity contribution is -0.149. The number of carbonyl (C=O) groups is 2. The highest BCUT2D eigenvalue weighted by Gasteiger charge is 2.50. The summed E-state index contributed by atoms with van der Waals surface area (Å²) in [6.45, 7) is 2.66. The SMILES string of the molecule is CCCC1(C(=O)O)CCCN1C(=O)N(CCO)C1CCC1. The number of aliphatic hydroxyl groups excluding tert-OH is 1. The number of urea groups is 1. The van der Waals surface area contributed by atoms with Gasteiger partial charge in [0.2, 0.25) is 0 Å². The van der Waals surface area contributed by atoms with Crippen LogP contribution < -0.4 is 0 Å². The van der Waals surface area contributed by atoms with Gasteiger partial charge in [0, 0.05) is 19.1 Å². The molecule has 2 N–H and O–H groups in total. The number of amides is 2. The van der Waals surface area contributed by atoms with E-state index in [4.69, 9.17) is 0 Å². The van der Waals surface area contributed by atoms with Gasteiger partial charge in [-0.3, -0.25) is 0 Å². The summed E-state index contributed by atoms with van der Waals surface area (Å²) in [4.78, 5) is 27.9. The molecule has 120 valence electrons. The Hall–Kier alpha value is -1.30. The number of carbonyl (C=O) groups excluding carboxylic acids is 1. The molecule has 6 heteroatoms. The molecule has 0 spiro atoms. The maximum atomic E-state index is 12.8. The Morgan fingerprint density at radius 1 is 1.33 bits per heavy atom. The molecule has 6 nitrogen and oxygen atoms in total. The van der Waals surface area contributed by atoms with Crippen LogP contribution in [-0.4, -0.2) is 63.3 Å². The molecule has 0 radical (unpaired) electrons. The summed E-state index contributed by atoms with van der Waals surface area (Å²) in [7, 11) is 0. The highest BCUT2D eigenvalue weighted by Crippen LogP contribution is 2.36. The summed E-state index contributed by atoms with van der Waals surface area (Å²) < 4.78 is 0. The zero-order chi connectivity index (χ0) is 15.5. The summed E-state index contributed by atoms with van der Waals surface area (Å²) >= 11 is 0. The Labute approximate surface area is 125 Å². The predicted molar refractivity (Wildman–Crippen MR) is 78.0 cm³/mol. The molecule has 2 aliphatic rings. The molecule has 1 unspecified atom stereocenters. The Balaban J connectivity index is 2.19. The summed E-state index contributed by atoms with van der Waals surface area (Å²) in [5.74, 6) is -0.896. The quantitative estimate of drug-likeness (QED) is 0.781. The normalized spacial score (nSPS) is 25.7. The maximum absolute atomic E-state index is 12.8. The van der Waals surface area contributed by atoms with Gasteiger partial charge in [0.25, 0.3) is 0 Å². The second-order valence-electron chi connectivity index (χ2n) is 6.13. The third-order valence-electron chi connectivity index (χ3n) is 4.88. The molecule has 1 aliphatic heterocycles. The monoisotopic (exact) mass is 298 g/mol. The van der Waals surface area contributed by atoms with E-state index < -0.39 is 11.5 Å².